The van der Waals surface area contributed by atoms with Crippen molar-refractivity contribution in [1.29, 1.82) is 0 Å². The fourth-order valence-corrected chi connectivity index (χ4v) is 2.89. The van der Waals surface area contributed by atoms with Gasteiger partial charge in [-0.2, -0.15) is 0 Å². The zero-order chi connectivity index (χ0) is 15.2. The number of ether oxygens (including phenoxy) is 3. The summed E-state index contributed by atoms with van der Waals surface area (Å²) in [7, 11) is 0. The van der Waals surface area contributed by atoms with Crippen molar-refractivity contribution in [2.45, 2.75) is 31.2 Å². The van der Waals surface area contributed by atoms with Crippen LogP contribution in [0.1, 0.15) is 30.7 Å². The predicted molar refractivity (Wildman–Crippen MR) is 82.1 cm³/mol. The smallest absolute Gasteiger partial charge is 0.258 e. The molecule has 120 valence electrons. The summed E-state index contributed by atoms with van der Waals surface area (Å²) in [5.74, 6) is 1.15. The van der Waals surface area contributed by atoms with Gasteiger partial charge in [0.25, 0.3) is 5.91 Å². The molecule has 2 heterocycles. The Balaban J connectivity index is 1.43. The van der Waals surface area contributed by atoms with Crippen molar-refractivity contribution in [2.24, 2.45) is 0 Å². The van der Waals surface area contributed by atoms with Crippen molar-refractivity contribution in [3.05, 3.63) is 29.8 Å². The van der Waals surface area contributed by atoms with E-state index >= 15 is 0 Å². The van der Waals surface area contributed by atoms with Crippen LogP contribution < -0.4 is 10.1 Å². The summed E-state index contributed by atoms with van der Waals surface area (Å²) in [4.78, 5) is 11.9. The minimum absolute atomic E-state index is 0.0588. The van der Waals surface area contributed by atoms with E-state index in [1.54, 1.807) is 0 Å². The molecule has 0 spiro atoms. The molecule has 2 saturated heterocycles. The molecule has 1 N–H and O–H groups in total. The number of rotatable bonds is 5. The first-order valence-electron chi connectivity index (χ1n) is 7.99. The maximum Gasteiger partial charge on any atom is 0.258 e. The third-order valence-electron chi connectivity index (χ3n) is 4.24. The normalized spacial score (nSPS) is 22.5. The molecule has 2 fully saturated rings. The minimum atomic E-state index is -0.0693. The van der Waals surface area contributed by atoms with Crippen LogP contribution in [0.5, 0.6) is 5.75 Å². The highest BCUT2D eigenvalue weighted by Gasteiger charge is 2.18. The van der Waals surface area contributed by atoms with Gasteiger partial charge in [-0.25, -0.2) is 0 Å². The van der Waals surface area contributed by atoms with Crippen molar-refractivity contribution in [1.82, 2.24) is 5.32 Å². The van der Waals surface area contributed by atoms with Crippen LogP contribution in [0.2, 0.25) is 0 Å². The number of carbonyl (C=O) groups is 1. The van der Waals surface area contributed by atoms with Crippen LogP contribution in [0.4, 0.5) is 0 Å². The summed E-state index contributed by atoms with van der Waals surface area (Å²) in [6, 6.07) is 8.19. The SMILES string of the molecule is O=C(COc1ccc(C2CCOC2)cc1)NC1CCOCC1. The number of nitrogens with one attached hydrogen (secondary N) is 1. The average molecular weight is 305 g/mol. The van der Waals surface area contributed by atoms with E-state index in [1.807, 2.05) is 12.1 Å². The Morgan fingerprint density at radius 2 is 1.82 bits per heavy atom. The highest BCUT2D eigenvalue weighted by molar-refractivity contribution is 5.77. The van der Waals surface area contributed by atoms with Gasteiger partial charge in [-0.15, -0.1) is 0 Å². The van der Waals surface area contributed by atoms with Gasteiger partial charge in [0.1, 0.15) is 5.75 Å². The van der Waals surface area contributed by atoms with Crippen molar-refractivity contribution in [3.63, 3.8) is 0 Å². The summed E-state index contributed by atoms with van der Waals surface area (Å²) in [5.41, 5.74) is 1.27. The Morgan fingerprint density at radius 3 is 2.50 bits per heavy atom. The monoisotopic (exact) mass is 305 g/mol. The molecule has 0 saturated carbocycles. The zero-order valence-electron chi connectivity index (χ0n) is 12.8. The number of hydrogen-bond acceptors (Lipinski definition) is 4. The minimum Gasteiger partial charge on any atom is -0.484 e. The molecular formula is C17H23NO4. The second-order valence-electron chi connectivity index (χ2n) is 5.87. The average Bonchev–Trinajstić information content (AvgIpc) is 3.09. The van der Waals surface area contributed by atoms with E-state index in [4.69, 9.17) is 14.2 Å². The standard InChI is InChI=1S/C17H23NO4/c19-17(18-15-6-9-20-10-7-15)12-22-16-3-1-13(2-4-16)14-5-8-21-11-14/h1-4,14-15H,5-12H2,(H,18,19). The molecule has 1 amide bonds. The van der Waals surface area contributed by atoms with Gasteiger partial charge in [0.2, 0.25) is 0 Å². The van der Waals surface area contributed by atoms with Crippen LogP contribution in [0.25, 0.3) is 0 Å². The lowest BCUT2D eigenvalue weighted by Crippen LogP contribution is -2.41. The zero-order valence-corrected chi connectivity index (χ0v) is 12.8. The highest BCUT2D eigenvalue weighted by Crippen LogP contribution is 2.26. The lowest BCUT2D eigenvalue weighted by molar-refractivity contribution is -0.124. The van der Waals surface area contributed by atoms with E-state index in [-0.39, 0.29) is 18.6 Å². The summed E-state index contributed by atoms with van der Waals surface area (Å²) in [5, 5.41) is 2.98. The lowest BCUT2D eigenvalue weighted by Gasteiger charge is -2.23. The molecule has 1 atom stereocenters. The molecule has 1 aromatic rings. The Labute approximate surface area is 130 Å². The van der Waals surface area contributed by atoms with E-state index in [0.29, 0.717) is 5.92 Å². The Kier molecular flexibility index (Phi) is 5.29. The van der Waals surface area contributed by atoms with Crippen LogP contribution in [0.3, 0.4) is 0 Å². The molecule has 0 radical (unpaired) electrons. The number of amides is 1. The largest absolute Gasteiger partial charge is 0.484 e. The number of hydrogen-bond donors (Lipinski definition) is 1. The second-order valence-corrected chi connectivity index (χ2v) is 5.87. The highest BCUT2D eigenvalue weighted by atomic mass is 16.5. The molecule has 5 heteroatoms. The van der Waals surface area contributed by atoms with E-state index in [9.17, 15) is 4.79 Å². The van der Waals surface area contributed by atoms with Gasteiger partial charge in [0, 0.05) is 31.8 Å². The summed E-state index contributed by atoms with van der Waals surface area (Å²) < 4.78 is 16.2. The number of benzene rings is 1. The molecule has 0 aromatic heterocycles. The van der Waals surface area contributed by atoms with Gasteiger partial charge in [0.05, 0.1) is 6.61 Å². The summed E-state index contributed by atoms with van der Waals surface area (Å²) in [6.07, 6.45) is 2.83. The van der Waals surface area contributed by atoms with Crippen molar-refractivity contribution in [2.75, 3.05) is 33.0 Å². The number of carbonyl (C=O) groups excluding carboxylic acids is 1. The fraction of sp³-hybridized carbons (Fsp3) is 0.588. The molecule has 3 rings (SSSR count). The molecule has 5 nitrogen and oxygen atoms in total. The van der Waals surface area contributed by atoms with Crippen LogP contribution >= 0.6 is 0 Å². The Morgan fingerprint density at radius 1 is 1.09 bits per heavy atom. The van der Waals surface area contributed by atoms with Gasteiger partial charge in [-0.1, -0.05) is 12.1 Å². The first-order valence-corrected chi connectivity index (χ1v) is 7.99. The third kappa shape index (κ3) is 4.21. The molecule has 22 heavy (non-hydrogen) atoms. The third-order valence-corrected chi connectivity index (χ3v) is 4.24. The van der Waals surface area contributed by atoms with E-state index in [2.05, 4.69) is 17.4 Å². The van der Waals surface area contributed by atoms with Crippen LogP contribution in [-0.2, 0) is 14.3 Å². The van der Waals surface area contributed by atoms with E-state index in [0.717, 1.165) is 51.4 Å². The Bertz CT molecular complexity index is 476. The van der Waals surface area contributed by atoms with E-state index < -0.39 is 0 Å². The summed E-state index contributed by atoms with van der Waals surface area (Å²) in [6.45, 7) is 3.14. The van der Waals surface area contributed by atoms with Crippen LogP contribution in [0, 0.1) is 0 Å². The van der Waals surface area contributed by atoms with Gasteiger partial charge >= 0.3 is 0 Å². The molecular weight excluding hydrogens is 282 g/mol. The van der Waals surface area contributed by atoms with Crippen molar-refractivity contribution in [3.8, 4) is 5.75 Å². The topological polar surface area (TPSA) is 56.8 Å². The van der Waals surface area contributed by atoms with Crippen molar-refractivity contribution >= 4 is 5.91 Å². The Hall–Kier alpha value is -1.59. The maximum atomic E-state index is 11.9. The quantitative estimate of drug-likeness (QED) is 0.902. The molecule has 0 bridgehead atoms. The second kappa shape index (κ2) is 7.61. The maximum absolute atomic E-state index is 11.9. The predicted octanol–water partition coefficient (Wildman–Crippen LogP) is 1.86. The van der Waals surface area contributed by atoms with Crippen LogP contribution in [0.15, 0.2) is 24.3 Å². The van der Waals surface area contributed by atoms with Gasteiger partial charge in [-0.05, 0) is 37.0 Å². The molecule has 2 aliphatic rings. The first-order chi connectivity index (χ1) is 10.8. The van der Waals surface area contributed by atoms with Crippen molar-refractivity contribution < 1.29 is 19.0 Å². The molecule has 0 aliphatic carbocycles. The van der Waals surface area contributed by atoms with Crippen LogP contribution in [-0.4, -0.2) is 45.0 Å². The molecule has 1 unspecified atom stereocenters. The lowest BCUT2D eigenvalue weighted by atomic mass is 9.99. The fourth-order valence-electron chi connectivity index (χ4n) is 2.89. The molecule has 1 aromatic carbocycles. The van der Waals surface area contributed by atoms with Gasteiger partial charge < -0.3 is 19.5 Å². The first kappa shape index (κ1) is 15.3. The summed E-state index contributed by atoms with van der Waals surface area (Å²) >= 11 is 0. The van der Waals surface area contributed by atoms with E-state index in [1.165, 1.54) is 5.56 Å². The van der Waals surface area contributed by atoms with Gasteiger partial charge in [0.15, 0.2) is 6.61 Å². The van der Waals surface area contributed by atoms with Gasteiger partial charge in [-0.3, -0.25) is 4.79 Å². The molecule has 2 aliphatic heterocycles.